The summed E-state index contributed by atoms with van der Waals surface area (Å²) in [4.78, 5) is 24.1. The van der Waals surface area contributed by atoms with Gasteiger partial charge in [0.1, 0.15) is 0 Å². The van der Waals surface area contributed by atoms with Gasteiger partial charge in [-0.25, -0.2) is 0 Å². The summed E-state index contributed by atoms with van der Waals surface area (Å²) in [6, 6.07) is 12.8. The van der Waals surface area contributed by atoms with Crippen LogP contribution in [-0.2, 0) is 4.79 Å². The van der Waals surface area contributed by atoms with Gasteiger partial charge in [-0.1, -0.05) is 48.5 Å². The number of halogens is 3. The van der Waals surface area contributed by atoms with Crippen molar-refractivity contribution >= 4 is 11.8 Å². The van der Waals surface area contributed by atoms with Crippen molar-refractivity contribution < 1.29 is 22.8 Å². The number of alkyl halides is 3. The molecule has 7 heteroatoms. The van der Waals surface area contributed by atoms with E-state index in [1.165, 1.54) is 24.3 Å². The third-order valence-electron chi connectivity index (χ3n) is 3.67. The lowest BCUT2D eigenvalue weighted by molar-refractivity contribution is -0.163. The first-order valence-electron chi connectivity index (χ1n) is 8.04. The third kappa shape index (κ3) is 5.61. The average molecular weight is 364 g/mol. The molecule has 2 N–H and O–H groups in total. The van der Waals surface area contributed by atoms with E-state index in [1.54, 1.807) is 43.3 Å². The largest absolute Gasteiger partial charge is 0.412 e. The summed E-state index contributed by atoms with van der Waals surface area (Å²) in [6.45, 7) is 1.56. The maximum absolute atomic E-state index is 13.3. The fraction of sp³-hybridized carbons (Fsp3) is 0.263. The van der Waals surface area contributed by atoms with Crippen LogP contribution in [0.4, 0.5) is 13.2 Å². The van der Waals surface area contributed by atoms with Crippen LogP contribution in [0.1, 0.15) is 35.3 Å². The van der Waals surface area contributed by atoms with Gasteiger partial charge < -0.3 is 10.6 Å². The highest BCUT2D eigenvalue weighted by molar-refractivity contribution is 5.94. The Hall–Kier alpha value is -2.83. The van der Waals surface area contributed by atoms with E-state index in [0.717, 1.165) is 0 Å². The van der Waals surface area contributed by atoms with Gasteiger partial charge in [0.15, 0.2) is 6.04 Å². The van der Waals surface area contributed by atoms with Crippen LogP contribution >= 0.6 is 0 Å². The Morgan fingerprint density at radius 1 is 0.923 bits per heavy atom. The van der Waals surface area contributed by atoms with Crippen molar-refractivity contribution in [2.75, 3.05) is 0 Å². The Balaban J connectivity index is 1.96. The minimum absolute atomic E-state index is 0.0469. The standard InChI is InChI=1S/C19H19F3N2O2/c1-13(23-18(26)15-10-6-3-7-11-15)12-16(25)24-17(19(20,21)22)14-8-4-2-5-9-14/h2-11,13,17H,12H2,1H3,(H,23,26)(H,24,25). The highest BCUT2D eigenvalue weighted by atomic mass is 19.4. The molecule has 0 aliphatic heterocycles. The predicted octanol–water partition coefficient (Wildman–Crippen LogP) is 3.61. The molecule has 2 atom stereocenters. The zero-order valence-electron chi connectivity index (χ0n) is 14.1. The molecule has 0 heterocycles. The predicted molar refractivity (Wildman–Crippen MR) is 91.4 cm³/mol. The summed E-state index contributed by atoms with van der Waals surface area (Å²) in [7, 11) is 0. The van der Waals surface area contributed by atoms with Gasteiger partial charge in [0.05, 0.1) is 0 Å². The van der Waals surface area contributed by atoms with Crippen LogP contribution in [-0.4, -0.2) is 24.0 Å². The molecule has 26 heavy (non-hydrogen) atoms. The molecule has 0 radical (unpaired) electrons. The normalized spacial score (nSPS) is 13.5. The fourth-order valence-electron chi connectivity index (χ4n) is 2.45. The molecule has 2 unspecified atom stereocenters. The highest BCUT2D eigenvalue weighted by Gasteiger charge is 2.41. The molecule has 0 aliphatic rings. The van der Waals surface area contributed by atoms with Crippen molar-refractivity contribution in [3.8, 4) is 0 Å². The monoisotopic (exact) mass is 364 g/mol. The van der Waals surface area contributed by atoms with Gasteiger partial charge in [0.25, 0.3) is 5.91 Å². The maximum atomic E-state index is 13.3. The topological polar surface area (TPSA) is 58.2 Å². The highest BCUT2D eigenvalue weighted by Crippen LogP contribution is 2.32. The lowest BCUT2D eigenvalue weighted by Gasteiger charge is -2.23. The van der Waals surface area contributed by atoms with E-state index in [9.17, 15) is 22.8 Å². The van der Waals surface area contributed by atoms with Crippen molar-refractivity contribution in [2.45, 2.75) is 31.6 Å². The number of hydrogen-bond acceptors (Lipinski definition) is 2. The molecule has 0 saturated heterocycles. The molecule has 0 fully saturated rings. The van der Waals surface area contributed by atoms with E-state index in [-0.39, 0.29) is 17.9 Å². The van der Waals surface area contributed by atoms with Crippen molar-refractivity contribution in [1.82, 2.24) is 10.6 Å². The summed E-state index contributed by atoms with van der Waals surface area (Å²) < 4.78 is 39.8. The van der Waals surface area contributed by atoms with E-state index in [2.05, 4.69) is 5.32 Å². The van der Waals surface area contributed by atoms with Crippen molar-refractivity contribution in [2.24, 2.45) is 0 Å². The van der Waals surface area contributed by atoms with Crippen LogP contribution in [0.5, 0.6) is 0 Å². The zero-order valence-corrected chi connectivity index (χ0v) is 14.1. The van der Waals surface area contributed by atoms with Gasteiger partial charge >= 0.3 is 6.18 Å². The second kappa shape index (κ2) is 8.51. The molecule has 2 aromatic rings. The Labute approximate surface area is 149 Å². The number of rotatable bonds is 6. The Bertz CT molecular complexity index is 733. The molecular formula is C19H19F3N2O2. The van der Waals surface area contributed by atoms with Crippen LogP contribution in [0, 0.1) is 0 Å². The van der Waals surface area contributed by atoms with Crippen molar-refractivity contribution in [3.63, 3.8) is 0 Å². The Kier molecular flexibility index (Phi) is 6.38. The first-order valence-corrected chi connectivity index (χ1v) is 8.04. The average Bonchev–Trinajstić information content (AvgIpc) is 2.60. The SMILES string of the molecule is CC(CC(=O)NC(c1ccccc1)C(F)(F)F)NC(=O)c1ccccc1. The molecular weight excluding hydrogens is 345 g/mol. The molecule has 4 nitrogen and oxygen atoms in total. The number of carbonyl (C=O) groups excluding carboxylic acids is 2. The van der Waals surface area contributed by atoms with E-state index in [1.807, 2.05) is 5.32 Å². The summed E-state index contributed by atoms with van der Waals surface area (Å²) in [5.74, 6) is -1.18. The number of hydrogen-bond donors (Lipinski definition) is 2. The van der Waals surface area contributed by atoms with Crippen LogP contribution in [0.2, 0.25) is 0 Å². The lowest BCUT2D eigenvalue weighted by Crippen LogP contribution is -2.42. The summed E-state index contributed by atoms with van der Waals surface area (Å²) in [6.07, 6.45) is -4.88. The van der Waals surface area contributed by atoms with Gasteiger partial charge in [-0.3, -0.25) is 9.59 Å². The van der Waals surface area contributed by atoms with Crippen LogP contribution < -0.4 is 10.6 Å². The minimum Gasteiger partial charge on any atom is -0.349 e. The second-order valence-electron chi connectivity index (χ2n) is 5.90. The number of amides is 2. The number of carbonyl (C=O) groups is 2. The van der Waals surface area contributed by atoms with Gasteiger partial charge in [-0.2, -0.15) is 13.2 Å². The fourth-order valence-corrected chi connectivity index (χ4v) is 2.45. The first-order chi connectivity index (χ1) is 12.3. The first kappa shape index (κ1) is 19.5. The molecule has 0 spiro atoms. The van der Waals surface area contributed by atoms with E-state index < -0.39 is 24.2 Å². The molecule has 0 saturated carbocycles. The van der Waals surface area contributed by atoms with Gasteiger partial charge in [-0.15, -0.1) is 0 Å². The van der Waals surface area contributed by atoms with Gasteiger partial charge in [0, 0.05) is 18.0 Å². The molecule has 0 bridgehead atoms. The molecule has 2 aromatic carbocycles. The minimum atomic E-state index is -4.62. The van der Waals surface area contributed by atoms with E-state index >= 15 is 0 Å². The molecule has 138 valence electrons. The van der Waals surface area contributed by atoms with Crippen LogP contribution in [0.15, 0.2) is 60.7 Å². The quantitative estimate of drug-likeness (QED) is 0.823. The molecule has 0 aliphatic carbocycles. The third-order valence-corrected chi connectivity index (χ3v) is 3.67. The molecule has 2 amide bonds. The number of nitrogens with one attached hydrogen (secondary N) is 2. The van der Waals surface area contributed by atoms with Crippen LogP contribution in [0.3, 0.4) is 0 Å². The summed E-state index contributed by atoms with van der Waals surface area (Å²) in [5.41, 5.74) is 0.367. The number of benzene rings is 2. The van der Waals surface area contributed by atoms with Gasteiger partial charge in [0.2, 0.25) is 5.91 Å². The van der Waals surface area contributed by atoms with Crippen molar-refractivity contribution in [1.29, 1.82) is 0 Å². The second-order valence-corrected chi connectivity index (χ2v) is 5.90. The van der Waals surface area contributed by atoms with Gasteiger partial charge in [-0.05, 0) is 24.6 Å². The molecule has 2 rings (SSSR count). The summed E-state index contributed by atoms with van der Waals surface area (Å²) >= 11 is 0. The zero-order chi connectivity index (χ0) is 19.2. The smallest absolute Gasteiger partial charge is 0.349 e. The van der Waals surface area contributed by atoms with Crippen molar-refractivity contribution in [3.05, 3.63) is 71.8 Å². The lowest BCUT2D eigenvalue weighted by atomic mass is 10.1. The van der Waals surface area contributed by atoms with E-state index in [0.29, 0.717) is 5.56 Å². The maximum Gasteiger partial charge on any atom is 0.412 e. The Morgan fingerprint density at radius 3 is 2.00 bits per heavy atom. The van der Waals surface area contributed by atoms with E-state index in [4.69, 9.17) is 0 Å². The summed E-state index contributed by atoms with van der Waals surface area (Å²) in [5, 5.41) is 4.60. The Morgan fingerprint density at radius 2 is 1.46 bits per heavy atom. The van der Waals surface area contributed by atoms with Crippen LogP contribution in [0.25, 0.3) is 0 Å². The molecule has 0 aromatic heterocycles.